The van der Waals surface area contributed by atoms with Gasteiger partial charge in [0.2, 0.25) is 0 Å². The van der Waals surface area contributed by atoms with Gasteiger partial charge in [-0.15, -0.1) is 0 Å². The van der Waals surface area contributed by atoms with Gasteiger partial charge < -0.3 is 0 Å². The molecule has 0 heterocycles. The van der Waals surface area contributed by atoms with Crippen LogP contribution in [0.4, 0.5) is 0 Å². The highest BCUT2D eigenvalue weighted by atomic mass is 16.1. The maximum Gasteiger partial charge on any atom is 0.135 e. The summed E-state index contributed by atoms with van der Waals surface area (Å²) in [5.74, 6) is 0.861. The van der Waals surface area contributed by atoms with Crippen molar-refractivity contribution in [2.45, 2.75) is 45.4 Å². The molecule has 12 heavy (non-hydrogen) atoms. The fraction of sp³-hybridized carbons (Fsp3) is 0.800. The molecule has 2 heteroatoms. The first-order valence-electron chi connectivity index (χ1n) is 4.78. The molecule has 0 aromatic rings. The molecule has 1 atom stereocenters. The topological polar surface area (TPSA) is 34.1 Å². The fourth-order valence-electron chi connectivity index (χ4n) is 1.72. The molecule has 68 valence electrons. The van der Waals surface area contributed by atoms with Gasteiger partial charge in [-0.1, -0.05) is 6.92 Å². The maximum absolute atomic E-state index is 11.4. The van der Waals surface area contributed by atoms with Gasteiger partial charge in [0.15, 0.2) is 0 Å². The van der Waals surface area contributed by atoms with E-state index in [0.29, 0.717) is 30.8 Å². The molecule has 0 bridgehead atoms. The van der Waals surface area contributed by atoms with Gasteiger partial charge >= 0.3 is 0 Å². The van der Waals surface area contributed by atoms with Crippen molar-refractivity contribution in [3.63, 3.8) is 0 Å². The molecule has 0 radical (unpaired) electrons. The van der Waals surface area contributed by atoms with Crippen LogP contribution in [-0.4, -0.2) is 11.6 Å². The van der Waals surface area contributed by atoms with Crippen molar-refractivity contribution in [2.75, 3.05) is 0 Å². The van der Waals surface area contributed by atoms with E-state index in [9.17, 15) is 9.59 Å². The lowest BCUT2D eigenvalue weighted by atomic mass is 9.88. The number of rotatable bonds is 1. The normalized spacial score (nSPS) is 26.6. The summed E-state index contributed by atoms with van der Waals surface area (Å²) in [4.78, 5) is 22.5. The third kappa shape index (κ3) is 2.43. The molecule has 1 rings (SSSR count). The summed E-state index contributed by atoms with van der Waals surface area (Å²) in [6.07, 6.45) is 4.30. The van der Waals surface area contributed by atoms with Crippen molar-refractivity contribution in [1.82, 2.24) is 0 Å². The van der Waals surface area contributed by atoms with Gasteiger partial charge in [0, 0.05) is 25.2 Å². The van der Waals surface area contributed by atoms with Crippen LogP contribution in [0, 0.1) is 5.92 Å². The first-order valence-corrected chi connectivity index (χ1v) is 4.78. The van der Waals surface area contributed by atoms with Crippen LogP contribution in [-0.2, 0) is 9.59 Å². The van der Waals surface area contributed by atoms with Crippen LogP contribution in [0.15, 0.2) is 0 Å². The van der Waals surface area contributed by atoms with E-state index in [2.05, 4.69) is 0 Å². The number of hydrogen-bond acceptors (Lipinski definition) is 2. The minimum Gasteiger partial charge on any atom is -0.300 e. The Morgan fingerprint density at radius 1 is 1.25 bits per heavy atom. The van der Waals surface area contributed by atoms with Crippen molar-refractivity contribution < 1.29 is 9.59 Å². The Bertz CT molecular complexity index is 184. The van der Waals surface area contributed by atoms with Crippen LogP contribution in [0.2, 0.25) is 0 Å². The summed E-state index contributed by atoms with van der Waals surface area (Å²) in [5.41, 5.74) is 0. The number of carbonyl (C=O) groups excluding carboxylic acids is 2. The predicted molar refractivity (Wildman–Crippen MR) is 46.9 cm³/mol. The zero-order chi connectivity index (χ0) is 8.97. The average molecular weight is 168 g/mol. The van der Waals surface area contributed by atoms with Crippen LogP contribution < -0.4 is 0 Å². The number of ketones is 2. The van der Waals surface area contributed by atoms with E-state index >= 15 is 0 Å². The van der Waals surface area contributed by atoms with E-state index in [1.54, 1.807) is 0 Å². The monoisotopic (exact) mass is 168 g/mol. The zero-order valence-corrected chi connectivity index (χ0v) is 7.64. The number of carbonyl (C=O) groups is 2. The maximum atomic E-state index is 11.4. The molecule has 0 N–H and O–H groups in total. The second-order valence-electron chi connectivity index (χ2n) is 3.50. The van der Waals surface area contributed by atoms with Gasteiger partial charge in [-0.25, -0.2) is 0 Å². The molecular formula is C10H16O2. The lowest BCUT2D eigenvalue weighted by Gasteiger charge is -2.15. The van der Waals surface area contributed by atoms with Crippen molar-refractivity contribution in [2.24, 2.45) is 5.92 Å². The smallest absolute Gasteiger partial charge is 0.135 e. The van der Waals surface area contributed by atoms with Gasteiger partial charge in [-0.05, 0) is 19.3 Å². The summed E-state index contributed by atoms with van der Waals surface area (Å²) in [7, 11) is 0. The van der Waals surface area contributed by atoms with E-state index in [1.807, 2.05) is 6.92 Å². The average Bonchev–Trinajstić information content (AvgIpc) is 2.03. The molecule has 0 aliphatic heterocycles. The third-order valence-electron chi connectivity index (χ3n) is 2.60. The van der Waals surface area contributed by atoms with Crippen molar-refractivity contribution in [1.29, 1.82) is 0 Å². The molecule has 0 saturated heterocycles. The zero-order valence-electron chi connectivity index (χ0n) is 7.64. The molecule has 1 aliphatic carbocycles. The fourth-order valence-corrected chi connectivity index (χ4v) is 1.72. The molecule has 2 nitrogen and oxygen atoms in total. The molecule has 1 aliphatic rings. The molecular weight excluding hydrogens is 152 g/mol. The largest absolute Gasteiger partial charge is 0.300 e. The first-order chi connectivity index (χ1) is 5.74. The Hall–Kier alpha value is -0.660. The lowest BCUT2D eigenvalue weighted by Crippen LogP contribution is -2.18. The molecule has 0 amide bonds. The van der Waals surface area contributed by atoms with E-state index < -0.39 is 0 Å². The van der Waals surface area contributed by atoms with E-state index in [4.69, 9.17) is 0 Å². The summed E-state index contributed by atoms with van der Waals surface area (Å²) in [5, 5.41) is 0. The molecule has 1 saturated carbocycles. The van der Waals surface area contributed by atoms with E-state index in [1.165, 1.54) is 0 Å². The Balaban J connectivity index is 2.50. The Kier molecular flexibility index (Phi) is 3.45. The Morgan fingerprint density at radius 2 is 2.00 bits per heavy atom. The van der Waals surface area contributed by atoms with Crippen molar-refractivity contribution in [3.05, 3.63) is 0 Å². The van der Waals surface area contributed by atoms with Gasteiger partial charge in [0.25, 0.3) is 0 Å². The number of hydrogen-bond donors (Lipinski definition) is 0. The summed E-state index contributed by atoms with van der Waals surface area (Å²) in [6.45, 7) is 2.02. The van der Waals surface area contributed by atoms with Gasteiger partial charge in [-0.2, -0.15) is 0 Å². The second-order valence-corrected chi connectivity index (χ2v) is 3.50. The molecule has 1 unspecified atom stereocenters. The summed E-state index contributed by atoms with van der Waals surface area (Å²) < 4.78 is 0. The Labute approximate surface area is 73.3 Å². The highest BCUT2D eigenvalue weighted by Crippen LogP contribution is 2.19. The van der Waals surface area contributed by atoms with Crippen LogP contribution in [0.1, 0.15) is 45.4 Å². The molecule has 0 spiro atoms. The molecule has 1 fully saturated rings. The first kappa shape index (κ1) is 9.43. The third-order valence-corrected chi connectivity index (χ3v) is 2.60. The van der Waals surface area contributed by atoms with Gasteiger partial charge in [0.1, 0.15) is 11.6 Å². The minimum atomic E-state index is 0.161. The quantitative estimate of drug-likeness (QED) is 0.601. The van der Waals surface area contributed by atoms with Crippen LogP contribution in [0.3, 0.4) is 0 Å². The van der Waals surface area contributed by atoms with Crippen molar-refractivity contribution in [3.8, 4) is 0 Å². The van der Waals surface area contributed by atoms with Crippen LogP contribution in [0.25, 0.3) is 0 Å². The highest BCUT2D eigenvalue weighted by Gasteiger charge is 2.20. The SMILES string of the molecule is CCC1CCC(=O)CCCC1=O. The van der Waals surface area contributed by atoms with Gasteiger partial charge in [-0.3, -0.25) is 9.59 Å². The summed E-state index contributed by atoms with van der Waals surface area (Å²) >= 11 is 0. The van der Waals surface area contributed by atoms with Crippen LogP contribution in [0.5, 0.6) is 0 Å². The van der Waals surface area contributed by atoms with Crippen molar-refractivity contribution >= 4 is 11.6 Å². The molecule has 0 aromatic carbocycles. The Morgan fingerprint density at radius 3 is 2.67 bits per heavy atom. The minimum absolute atomic E-state index is 0.161. The highest BCUT2D eigenvalue weighted by molar-refractivity contribution is 5.85. The van der Waals surface area contributed by atoms with Crippen LogP contribution >= 0.6 is 0 Å². The molecule has 0 aromatic heterocycles. The second kappa shape index (κ2) is 4.39. The lowest BCUT2D eigenvalue weighted by molar-refractivity contribution is -0.125. The van der Waals surface area contributed by atoms with E-state index in [-0.39, 0.29) is 5.92 Å². The van der Waals surface area contributed by atoms with E-state index in [0.717, 1.165) is 19.3 Å². The number of Topliss-reactive ketones (excluding diaryl/α,β-unsaturated/α-hetero) is 2. The predicted octanol–water partition coefficient (Wildman–Crippen LogP) is 2.11. The standard InChI is InChI=1S/C10H16O2/c1-2-8-6-7-9(11)4-3-5-10(8)12/h8H,2-7H2,1H3. The van der Waals surface area contributed by atoms with Gasteiger partial charge in [0.05, 0.1) is 0 Å². The summed E-state index contributed by atoms with van der Waals surface area (Å²) in [6, 6.07) is 0.